The summed E-state index contributed by atoms with van der Waals surface area (Å²) >= 11 is 1.54. The predicted octanol–water partition coefficient (Wildman–Crippen LogP) is 1.08. The molecule has 0 saturated carbocycles. The highest BCUT2D eigenvalue weighted by atomic mass is 32.2. The molecule has 0 aliphatic carbocycles. The molecule has 6 nitrogen and oxygen atoms in total. The molecule has 0 radical (unpaired) electrons. The van der Waals surface area contributed by atoms with Crippen molar-refractivity contribution < 1.29 is 14.4 Å². The van der Waals surface area contributed by atoms with Crippen molar-refractivity contribution >= 4 is 35.2 Å². The maximum absolute atomic E-state index is 12.1. The van der Waals surface area contributed by atoms with Crippen molar-refractivity contribution in [3.63, 3.8) is 0 Å². The molecule has 0 aromatic heterocycles. The lowest BCUT2D eigenvalue weighted by molar-refractivity contribution is -0.135. The van der Waals surface area contributed by atoms with Crippen molar-refractivity contribution in [3.05, 3.63) is 24.3 Å². The van der Waals surface area contributed by atoms with Crippen molar-refractivity contribution in [1.29, 1.82) is 0 Å². The van der Waals surface area contributed by atoms with E-state index in [2.05, 4.69) is 10.6 Å². The molecule has 1 saturated heterocycles. The summed E-state index contributed by atoms with van der Waals surface area (Å²) in [5.74, 6) is -0.620. The van der Waals surface area contributed by atoms with Gasteiger partial charge in [0.15, 0.2) is 0 Å². The minimum absolute atomic E-state index is 0.0477. The SMILES string of the molecule is CSc1ccccc1NC(=O)CN(C)C(=O)[C@H]1CCC(=O)N1. The number of hydrogen-bond acceptors (Lipinski definition) is 4. The molecule has 22 heavy (non-hydrogen) atoms. The number of thioether (sulfide) groups is 1. The van der Waals surface area contributed by atoms with E-state index < -0.39 is 6.04 Å². The third kappa shape index (κ3) is 4.00. The lowest BCUT2D eigenvalue weighted by Crippen LogP contribution is -2.45. The summed E-state index contributed by atoms with van der Waals surface area (Å²) in [5, 5.41) is 5.42. The first-order valence-electron chi connectivity index (χ1n) is 6.98. The minimum atomic E-state index is -0.510. The van der Waals surface area contributed by atoms with Crippen molar-refractivity contribution in [2.24, 2.45) is 0 Å². The molecule has 0 unspecified atom stereocenters. The normalized spacial score (nSPS) is 17.0. The van der Waals surface area contributed by atoms with Gasteiger partial charge >= 0.3 is 0 Å². The van der Waals surface area contributed by atoms with Gasteiger partial charge in [-0.3, -0.25) is 14.4 Å². The molecule has 118 valence electrons. The molecule has 1 aromatic rings. The van der Waals surface area contributed by atoms with Crippen LogP contribution in [0.1, 0.15) is 12.8 Å². The van der Waals surface area contributed by atoms with Crippen LogP contribution in [0.15, 0.2) is 29.2 Å². The molecule has 3 amide bonds. The number of rotatable bonds is 5. The van der Waals surface area contributed by atoms with Gasteiger partial charge in [-0.15, -0.1) is 11.8 Å². The number of para-hydroxylation sites is 1. The second kappa shape index (κ2) is 7.31. The topological polar surface area (TPSA) is 78.5 Å². The fraction of sp³-hybridized carbons (Fsp3) is 0.400. The number of carbonyl (C=O) groups excluding carboxylic acids is 3. The van der Waals surface area contributed by atoms with Crippen LogP contribution in [-0.2, 0) is 14.4 Å². The van der Waals surface area contributed by atoms with Gasteiger partial charge in [0.1, 0.15) is 6.04 Å². The van der Waals surface area contributed by atoms with E-state index in [9.17, 15) is 14.4 Å². The van der Waals surface area contributed by atoms with Crippen LogP contribution in [0.4, 0.5) is 5.69 Å². The summed E-state index contributed by atoms with van der Waals surface area (Å²) < 4.78 is 0. The van der Waals surface area contributed by atoms with E-state index in [4.69, 9.17) is 0 Å². The average molecular weight is 321 g/mol. The predicted molar refractivity (Wildman–Crippen MR) is 85.7 cm³/mol. The lowest BCUT2D eigenvalue weighted by Gasteiger charge is -2.20. The largest absolute Gasteiger partial charge is 0.344 e. The Hall–Kier alpha value is -2.02. The first-order chi connectivity index (χ1) is 10.5. The van der Waals surface area contributed by atoms with Crippen molar-refractivity contribution in [3.8, 4) is 0 Å². The Morgan fingerprint density at radius 2 is 2.14 bits per heavy atom. The highest BCUT2D eigenvalue weighted by Crippen LogP contribution is 2.24. The summed E-state index contributed by atoms with van der Waals surface area (Å²) in [7, 11) is 1.56. The zero-order chi connectivity index (χ0) is 16.1. The van der Waals surface area contributed by atoms with E-state index in [0.717, 1.165) is 10.6 Å². The Kier molecular flexibility index (Phi) is 5.43. The zero-order valence-electron chi connectivity index (χ0n) is 12.6. The maximum atomic E-state index is 12.1. The summed E-state index contributed by atoms with van der Waals surface area (Å²) in [6, 6.07) is 6.98. The van der Waals surface area contributed by atoms with E-state index in [1.807, 2.05) is 30.5 Å². The van der Waals surface area contributed by atoms with Crippen LogP contribution in [0.5, 0.6) is 0 Å². The summed E-state index contributed by atoms with van der Waals surface area (Å²) in [4.78, 5) is 37.7. The third-order valence-corrected chi connectivity index (χ3v) is 4.23. The number of benzene rings is 1. The van der Waals surface area contributed by atoms with Gasteiger partial charge in [-0.05, 0) is 24.8 Å². The second-order valence-corrected chi connectivity index (χ2v) is 5.95. The van der Waals surface area contributed by atoms with Gasteiger partial charge in [0.05, 0.1) is 12.2 Å². The first-order valence-corrected chi connectivity index (χ1v) is 8.21. The number of hydrogen-bond donors (Lipinski definition) is 2. The monoisotopic (exact) mass is 321 g/mol. The lowest BCUT2D eigenvalue weighted by atomic mass is 10.2. The summed E-state index contributed by atoms with van der Waals surface area (Å²) in [5.41, 5.74) is 0.731. The van der Waals surface area contributed by atoms with Gasteiger partial charge in [0, 0.05) is 18.4 Å². The molecule has 2 N–H and O–H groups in total. The fourth-order valence-corrected chi connectivity index (χ4v) is 2.85. The highest BCUT2D eigenvalue weighted by Gasteiger charge is 2.29. The van der Waals surface area contributed by atoms with Crippen molar-refractivity contribution in [2.75, 3.05) is 25.2 Å². The van der Waals surface area contributed by atoms with Crippen LogP contribution in [0.25, 0.3) is 0 Å². The van der Waals surface area contributed by atoms with Gasteiger partial charge in [0.2, 0.25) is 17.7 Å². The van der Waals surface area contributed by atoms with Crippen LogP contribution < -0.4 is 10.6 Å². The van der Waals surface area contributed by atoms with Gasteiger partial charge < -0.3 is 15.5 Å². The molecule has 1 aromatic carbocycles. The van der Waals surface area contributed by atoms with Crippen LogP contribution in [0.3, 0.4) is 0 Å². The van der Waals surface area contributed by atoms with E-state index in [-0.39, 0.29) is 24.3 Å². The molecule has 0 spiro atoms. The van der Waals surface area contributed by atoms with Crippen LogP contribution >= 0.6 is 11.8 Å². The standard InChI is InChI=1S/C15H19N3O3S/c1-18(15(21)11-7-8-13(19)17-11)9-14(20)16-10-5-3-4-6-12(10)22-2/h3-6,11H,7-9H2,1-2H3,(H,16,20)(H,17,19)/t11-/m1/s1. The molecule has 2 rings (SSSR count). The number of nitrogens with zero attached hydrogens (tertiary/aromatic N) is 1. The number of amides is 3. The highest BCUT2D eigenvalue weighted by molar-refractivity contribution is 7.98. The summed E-state index contributed by atoms with van der Waals surface area (Å²) in [6.45, 7) is -0.0477. The molecule has 0 bridgehead atoms. The van der Waals surface area contributed by atoms with E-state index >= 15 is 0 Å². The Morgan fingerprint density at radius 1 is 1.41 bits per heavy atom. The molecule has 1 heterocycles. The Morgan fingerprint density at radius 3 is 2.77 bits per heavy atom. The van der Waals surface area contributed by atoms with Gasteiger partial charge in [-0.25, -0.2) is 0 Å². The number of nitrogens with one attached hydrogen (secondary N) is 2. The molecule has 1 aliphatic rings. The molecular formula is C15H19N3O3S. The van der Waals surface area contributed by atoms with Crippen LogP contribution in [0, 0.1) is 0 Å². The summed E-state index contributed by atoms with van der Waals surface area (Å²) in [6.07, 6.45) is 2.78. The smallest absolute Gasteiger partial charge is 0.245 e. The molecule has 1 fully saturated rings. The van der Waals surface area contributed by atoms with Gasteiger partial charge in [-0.2, -0.15) is 0 Å². The fourth-order valence-electron chi connectivity index (χ4n) is 2.30. The van der Waals surface area contributed by atoms with Crippen LogP contribution in [-0.4, -0.2) is 48.5 Å². The molecular weight excluding hydrogens is 302 g/mol. The van der Waals surface area contributed by atoms with E-state index in [0.29, 0.717) is 12.8 Å². The Labute approximate surface area is 133 Å². The molecule has 1 aliphatic heterocycles. The number of likely N-dealkylation sites (N-methyl/N-ethyl adjacent to an activating group) is 1. The first kappa shape index (κ1) is 16.4. The molecule has 7 heteroatoms. The number of anilines is 1. The Balaban J connectivity index is 1.91. The van der Waals surface area contributed by atoms with E-state index in [1.165, 1.54) is 4.90 Å². The molecule has 1 atom stereocenters. The van der Waals surface area contributed by atoms with Crippen molar-refractivity contribution in [1.82, 2.24) is 10.2 Å². The third-order valence-electron chi connectivity index (χ3n) is 3.43. The second-order valence-electron chi connectivity index (χ2n) is 5.10. The van der Waals surface area contributed by atoms with Crippen molar-refractivity contribution in [2.45, 2.75) is 23.8 Å². The Bertz CT molecular complexity index is 591. The van der Waals surface area contributed by atoms with E-state index in [1.54, 1.807) is 18.8 Å². The quantitative estimate of drug-likeness (QED) is 0.796. The zero-order valence-corrected chi connectivity index (χ0v) is 13.4. The maximum Gasteiger partial charge on any atom is 0.245 e. The van der Waals surface area contributed by atoms with Gasteiger partial charge in [-0.1, -0.05) is 12.1 Å². The average Bonchev–Trinajstić information content (AvgIpc) is 2.93. The van der Waals surface area contributed by atoms with Crippen LogP contribution in [0.2, 0.25) is 0 Å². The van der Waals surface area contributed by atoms with Gasteiger partial charge in [0.25, 0.3) is 0 Å². The number of carbonyl (C=O) groups is 3. The minimum Gasteiger partial charge on any atom is -0.344 e.